The topological polar surface area (TPSA) is 42.1 Å². The van der Waals surface area contributed by atoms with Gasteiger partial charge in [-0.3, -0.25) is 9.88 Å². The van der Waals surface area contributed by atoms with Gasteiger partial charge in [0.05, 0.1) is 5.52 Å². The smallest absolute Gasteiger partial charge is 0.0767 e. The average molecular weight is 273 g/mol. The Hall–Kier alpha value is -1.26. The number of aromatic nitrogens is 1. The van der Waals surface area contributed by atoms with Crippen molar-refractivity contribution in [2.45, 2.75) is 19.0 Å². The highest BCUT2D eigenvalue weighted by atomic mass is 32.2. The van der Waals surface area contributed by atoms with Gasteiger partial charge in [0.25, 0.3) is 0 Å². The lowest BCUT2D eigenvalue weighted by Crippen LogP contribution is -2.31. The van der Waals surface area contributed by atoms with Crippen LogP contribution in [0.1, 0.15) is 12.0 Å². The van der Waals surface area contributed by atoms with Crippen LogP contribution in [-0.2, 0) is 6.54 Å². The summed E-state index contributed by atoms with van der Waals surface area (Å²) in [7, 11) is 2.21. The quantitative estimate of drug-likeness (QED) is 0.873. The van der Waals surface area contributed by atoms with Gasteiger partial charge >= 0.3 is 0 Å². The standard InChI is InChI=1S/C15H19N3S/c1-18(12-6-8-19-10-12)9-11-4-5-14(16)13-3-2-7-17-15(11)13/h2-5,7,12H,6,8-10,16H2,1H3. The minimum atomic E-state index is 0.696. The highest BCUT2D eigenvalue weighted by Gasteiger charge is 2.20. The van der Waals surface area contributed by atoms with Crippen molar-refractivity contribution in [3.8, 4) is 0 Å². The van der Waals surface area contributed by atoms with E-state index in [0.29, 0.717) is 6.04 Å². The van der Waals surface area contributed by atoms with Crippen molar-refractivity contribution in [3.63, 3.8) is 0 Å². The second-order valence-corrected chi connectivity index (χ2v) is 6.30. The van der Waals surface area contributed by atoms with Crippen LogP contribution < -0.4 is 5.73 Å². The van der Waals surface area contributed by atoms with Crippen molar-refractivity contribution in [3.05, 3.63) is 36.0 Å². The Morgan fingerprint density at radius 3 is 3.11 bits per heavy atom. The Morgan fingerprint density at radius 2 is 2.32 bits per heavy atom. The zero-order valence-electron chi connectivity index (χ0n) is 11.2. The minimum absolute atomic E-state index is 0.696. The first kappa shape index (κ1) is 12.8. The molecule has 0 bridgehead atoms. The summed E-state index contributed by atoms with van der Waals surface area (Å²) >= 11 is 2.05. The van der Waals surface area contributed by atoms with E-state index in [0.717, 1.165) is 23.1 Å². The van der Waals surface area contributed by atoms with Gasteiger partial charge in [-0.1, -0.05) is 6.07 Å². The summed E-state index contributed by atoms with van der Waals surface area (Å²) in [6.07, 6.45) is 3.14. The molecule has 3 rings (SSSR count). The van der Waals surface area contributed by atoms with Crippen LogP contribution >= 0.6 is 11.8 Å². The molecule has 2 heterocycles. The van der Waals surface area contributed by atoms with E-state index in [4.69, 9.17) is 5.73 Å². The van der Waals surface area contributed by atoms with Crippen molar-refractivity contribution in [1.29, 1.82) is 0 Å². The number of hydrogen-bond acceptors (Lipinski definition) is 4. The fourth-order valence-electron chi connectivity index (χ4n) is 2.65. The Balaban J connectivity index is 1.90. The number of rotatable bonds is 3. The highest BCUT2D eigenvalue weighted by molar-refractivity contribution is 7.99. The Labute approximate surface area is 118 Å². The molecule has 0 saturated carbocycles. The lowest BCUT2D eigenvalue weighted by atomic mass is 10.1. The molecule has 19 heavy (non-hydrogen) atoms. The van der Waals surface area contributed by atoms with Crippen LogP contribution in [0.2, 0.25) is 0 Å². The van der Waals surface area contributed by atoms with Gasteiger partial charge in [0.2, 0.25) is 0 Å². The summed E-state index contributed by atoms with van der Waals surface area (Å²) in [5.74, 6) is 2.53. The number of nitrogens with zero attached hydrogens (tertiary/aromatic N) is 2. The Morgan fingerprint density at radius 1 is 1.42 bits per heavy atom. The highest BCUT2D eigenvalue weighted by Crippen LogP contribution is 2.26. The van der Waals surface area contributed by atoms with E-state index >= 15 is 0 Å². The van der Waals surface area contributed by atoms with Gasteiger partial charge < -0.3 is 5.73 Å². The number of pyridine rings is 1. The lowest BCUT2D eigenvalue weighted by Gasteiger charge is -2.24. The lowest BCUT2D eigenvalue weighted by molar-refractivity contribution is 0.255. The van der Waals surface area contributed by atoms with E-state index in [1.165, 1.54) is 23.5 Å². The first-order valence-electron chi connectivity index (χ1n) is 6.66. The molecule has 1 aromatic carbocycles. The summed E-state index contributed by atoms with van der Waals surface area (Å²) in [4.78, 5) is 6.95. The van der Waals surface area contributed by atoms with E-state index in [1.54, 1.807) is 0 Å². The summed E-state index contributed by atoms with van der Waals surface area (Å²) in [6, 6.07) is 8.80. The third-order valence-electron chi connectivity index (χ3n) is 3.84. The maximum atomic E-state index is 6.02. The van der Waals surface area contributed by atoms with Crippen molar-refractivity contribution in [2.24, 2.45) is 0 Å². The molecule has 2 N–H and O–H groups in total. The number of nitrogen functional groups attached to an aromatic ring is 1. The number of nitrogens with two attached hydrogens (primary N) is 1. The maximum absolute atomic E-state index is 6.02. The fraction of sp³-hybridized carbons (Fsp3) is 0.400. The molecule has 100 valence electrons. The van der Waals surface area contributed by atoms with Crippen LogP contribution in [0.4, 0.5) is 5.69 Å². The van der Waals surface area contributed by atoms with Crippen molar-refractivity contribution < 1.29 is 0 Å². The van der Waals surface area contributed by atoms with Gasteiger partial charge in [0.15, 0.2) is 0 Å². The predicted molar refractivity (Wildman–Crippen MR) is 83.4 cm³/mol. The molecule has 1 saturated heterocycles. The molecule has 0 radical (unpaired) electrons. The van der Waals surface area contributed by atoms with Crippen molar-refractivity contribution >= 4 is 28.4 Å². The molecule has 3 nitrogen and oxygen atoms in total. The maximum Gasteiger partial charge on any atom is 0.0767 e. The van der Waals surface area contributed by atoms with Crippen LogP contribution in [0.15, 0.2) is 30.5 Å². The minimum Gasteiger partial charge on any atom is -0.398 e. The molecular weight excluding hydrogens is 254 g/mol. The number of anilines is 1. The number of hydrogen-bond donors (Lipinski definition) is 1. The average Bonchev–Trinajstić information content (AvgIpc) is 2.96. The summed E-state index contributed by atoms with van der Waals surface area (Å²) in [6.45, 7) is 0.943. The van der Waals surface area contributed by atoms with Crippen molar-refractivity contribution in [1.82, 2.24) is 9.88 Å². The fourth-order valence-corrected chi connectivity index (χ4v) is 3.95. The van der Waals surface area contributed by atoms with Crippen LogP contribution in [-0.4, -0.2) is 34.5 Å². The third-order valence-corrected chi connectivity index (χ3v) is 4.98. The molecule has 1 fully saturated rings. The summed E-state index contributed by atoms with van der Waals surface area (Å²) < 4.78 is 0. The Kier molecular flexibility index (Phi) is 3.62. The van der Waals surface area contributed by atoms with Crippen LogP contribution in [0.3, 0.4) is 0 Å². The summed E-state index contributed by atoms with van der Waals surface area (Å²) in [5, 5.41) is 1.06. The zero-order valence-corrected chi connectivity index (χ0v) is 12.0. The second kappa shape index (κ2) is 5.39. The molecule has 1 aromatic heterocycles. The predicted octanol–water partition coefficient (Wildman–Crippen LogP) is 2.75. The second-order valence-electron chi connectivity index (χ2n) is 5.15. The first-order valence-corrected chi connectivity index (χ1v) is 7.81. The molecule has 1 aliphatic heterocycles. The van der Waals surface area contributed by atoms with Gasteiger partial charge in [0.1, 0.15) is 0 Å². The normalized spacial score (nSPS) is 19.4. The van der Waals surface area contributed by atoms with E-state index in [-0.39, 0.29) is 0 Å². The number of thioether (sulfide) groups is 1. The molecule has 1 atom stereocenters. The van der Waals surface area contributed by atoms with Crippen LogP contribution in [0.5, 0.6) is 0 Å². The monoisotopic (exact) mass is 273 g/mol. The molecule has 1 unspecified atom stereocenters. The molecule has 0 spiro atoms. The van der Waals surface area contributed by atoms with Crippen molar-refractivity contribution in [2.75, 3.05) is 24.3 Å². The van der Waals surface area contributed by atoms with Crippen LogP contribution in [0, 0.1) is 0 Å². The molecular formula is C15H19N3S. The number of benzene rings is 1. The van der Waals surface area contributed by atoms with Crippen LogP contribution in [0.25, 0.3) is 10.9 Å². The molecule has 0 aliphatic carbocycles. The van der Waals surface area contributed by atoms with Gasteiger partial charge in [-0.05, 0) is 43.0 Å². The van der Waals surface area contributed by atoms with E-state index in [2.05, 4.69) is 23.0 Å². The van der Waals surface area contributed by atoms with Gasteiger partial charge in [-0.25, -0.2) is 0 Å². The number of fused-ring (bicyclic) bond motifs is 1. The Bertz CT molecular complexity index is 579. The largest absolute Gasteiger partial charge is 0.398 e. The molecule has 4 heteroatoms. The third kappa shape index (κ3) is 2.55. The molecule has 2 aromatic rings. The molecule has 0 amide bonds. The summed E-state index contributed by atoms with van der Waals surface area (Å²) in [5.41, 5.74) is 9.14. The zero-order chi connectivity index (χ0) is 13.2. The van der Waals surface area contributed by atoms with Gasteiger partial charge in [-0.15, -0.1) is 0 Å². The first-order chi connectivity index (χ1) is 9.25. The van der Waals surface area contributed by atoms with E-state index in [9.17, 15) is 0 Å². The van der Waals surface area contributed by atoms with E-state index < -0.39 is 0 Å². The SMILES string of the molecule is CN(Cc1ccc(N)c2cccnc12)C1CCSC1. The van der Waals surface area contributed by atoms with E-state index in [1.807, 2.05) is 36.2 Å². The van der Waals surface area contributed by atoms with Gasteiger partial charge in [-0.2, -0.15) is 11.8 Å². The van der Waals surface area contributed by atoms with Gasteiger partial charge in [0, 0.05) is 35.6 Å². The molecule has 1 aliphatic rings.